The molecule has 0 bridgehead atoms. The van der Waals surface area contributed by atoms with Crippen molar-refractivity contribution in [2.24, 2.45) is 11.3 Å². The van der Waals surface area contributed by atoms with Crippen LogP contribution in [0.5, 0.6) is 0 Å². The Balaban J connectivity index is 1.97. The first kappa shape index (κ1) is 15.9. The van der Waals surface area contributed by atoms with Gasteiger partial charge < -0.3 is 5.32 Å². The maximum absolute atomic E-state index is 6.29. The summed E-state index contributed by atoms with van der Waals surface area (Å²) in [4.78, 5) is 0. The largest absolute Gasteiger partial charge is 0.310 e. The predicted molar refractivity (Wildman–Crippen MR) is 88.2 cm³/mol. The van der Waals surface area contributed by atoms with Crippen molar-refractivity contribution in [2.45, 2.75) is 58.9 Å². The van der Waals surface area contributed by atoms with Gasteiger partial charge in [0.15, 0.2) is 0 Å². The van der Waals surface area contributed by atoms with Gasteiger partial charge in [0.2, 0.25) is 0 Å². The summed E-state index contributed by atoms with van der Waals surface area (Å²) in [5, 5.41) is 4.62. The Hall–Kier alpha value is -0.530. The summed E-state index contributed by atoms with van der Waals surface area (Å²) in [6, 6.07) is 8.50. The van der Waals surface area contributed by atoms with E-state index in [1.807, 2.05) is 12.1 Å². The van der Waals surface area contributed by atoms with E-state index in [1.54, 1.807) is 0 Å². The molecule has 0 radical (unpaired) electrons. The van der Waals surface area contributed by atoms with Crippen LogP contribution in [-0.4, -0.2) is 6.54 Å². The predicted octanol–water partition coefficient (Wildman–Crippen LogP) is 5.60. The third-order valence-corrected chi connectivity index (χ3v) is 5.00. The molecule has 0 saturated heterocycles. The Labute approximate surface area is 129 Å². The average Bonchev–Trinajstić information content (AvgIpc) is 2.84. The van der Waals surface area contributed by atoms with E-state index < -0.39 is 0 Å². The van der Waals surface area contributed by atoms with Crippen molar-refractivity contribution in [3.05, 3.63) is 34.9 Å². The van der Waals surface area contributed by atoms with Crippen LogP contribution in [0.15, 0.2) is 24.3 Å². The molecule has 112 valence electrons. The molecule has 2 heteroatoms. The Morgan fingerprint density at radius 3 is 2.40 bits per heavy atom. The van der Waals surface area contributed by atoms with E-state index in [9.17, 15) is 0 Å². The van der Waals surface area contributed by atoms with E-state index in [0.717, 1.165) is 17.5 Å². The SMILES string of the molecule is CC(C)CC1(CNC(C)c2ccccc2Cl)CCCC1. The van der Waals surface area contributed by atoms with E-state index in [1.165, 1.54) is 37.7 Å². The van der Waals surface area contributed by atoms with Gasteiger partial charge in [-0.1, -0.05) is 56.5 Å². The number of halogens is 1. The van der Waals surface area contributed by atoms with Crippen LogP contribution in [0.4, 0.5) is 0 Å². The fraction of sp³-hybridized carbons (Fsp3) is 0.667. The lowest BCUT2D eigenvalue weighted by atomic mass is 9.78. The second kappa shape index (κ2) is 6.95. The highest BCUT2D eigenvalue weighted by atomic mass is 35.5. The van der Waals surface area contributed by atoms with Crippen molar-refractivity contribution in [3.8, 4) is 0 Å². The average molecular weight is 294 g/mol. The molecule has 1 aromatic carbocycles. The number of rotatable bonds is 6. The van der Waals surface area contributed by atoms with E-state index in [2.05, 4.69) is 38.2 Å². The second-order valence-corrected chi connectivity index (χ2v) is 7.34. The lowest BCUT2D eigenvalue weighted by Crippen LogP contribution is -2.34. The number of nitrogens with one attached hydrogen (secondary N) is 1. The monoisotopic (exact) mass is 293 g/mol. The standard InChI is InChI=1S/C18H28ClN/c1-14(2)12-18(10-6-7-11-18)13-20-15(3)16-8-4-5-9-17(16)19/h4-5,8-9,14-15,20H,6-7,10-13H2,1-3H3. The lowest BCUT2D eigenvalue weighted by molar-refractivity contribution is 0.217. The van der Waals surface area contributed by atoms with Crippen LogP contribution < -0.4 is 5.32 Å². The quantitative estimate of drug-likeness (QED) is 0.720. The number of hydrogen-bond donors (Lipinski definition) is 1. The summed E-state index contributed by atoms with van der Waals surface area (Å²) in [7, 11) is 0. The molecule has 0 amide bonds. The Morgan fingerprint density at radius 1 is 1.15 bits per heavy atom. The van der Waals surface area contributed by atoms with Gasteiger partial charge >= 0.3 is 0 Å². The maximum Gasteiger partial charge on any atom is 0.0453 e. The van der Waals surface area contributed by atoms with Crippen LogP contribution in [0, 0.1) is 11.3 Å². The number of hydrogen-bond acceptors (Lipinski definition) is 1. The highest BCUT2D eigenvalue weighted by Crippen LogP contribution is 2.43. The second-order valence-electron chi connectivity index (χ2n) is 6.93. The van der Waals surface area contributed by atoms with Crippen molar-refractivity contribution in [2.75, 3.05) is 6.54 Å². The molecular formula is C18H28ClN. The molecule has 1 fully saturated rings. The van der Waals surface area contributed by atoms with Crippen molar-refractivity contribution in [1.29, 1.82) is 0 Å². The van der Waals surface area contributed by atoms with Crippen LogP contribution >= 0.6 is 11.6 Å². The molecule has 1 aliphatic rings. The minimum atomic E-state index is 0.327. The van der Waals surface area contributed by atoms with E-state index in [-0.39, 0.29) is 0 Å². The summed E-state index contributed by atoms with van der Waals surface area (Å²) in [6.45, 7) is 8.03. The highest BCUT2D eigenvalue weighted by molar-refractivity contribution is 6.31. The molecule has 1 atom stereocenters. The lowest BCUT2D eigenvalue weighted by Gasteiger charge is -2.33. The fourth-order valence-electron chi connectivity index (χ4n) is 3.75. The van der Waals surface area contributed by atoms with E-state index in [4.69, 9.17) is 11.6 Å². The van der Waals surface area contributed by atoms with Gasteiger partial charge in [0, 0.05) is 17.6 Å². The molecule has 20 heavy (non-hydrogen) atoms. The molecule has 0 aromatic heterocycles. The Bertz CT molecular complexity index is 421. The van der Waals surface area contributed by atoms with Crippen LogP contribution in [-0.2, 0) is 0 Å². The van der Waals surface area contributed by atoms with Crippen molar-refractivity contribution >= 4 is 11.6 Å². The molecule has 1 unspecified atom stereocenters. The molecule has 1 nitrogen and oxygen atoms in total. The van der Waals surface area contributed by atoms with Crippen molar-refractivity contribution in [3.63, 3.8) is 0 Å². The molecule has 1 aliphatic carbocycles. The van der Waals surface area contributed by atoms with Gasteiger partial charge in [0.25, 0.3) is 0 Å². The van der Waals surface area contributed by atoms with Gasteiger partial charge in [-0.2, -0.15) is 0 Å². The van der Waals surface area contributed by atoms with Crippen LogP contribution in [0.3, 0.4) is 0 Å². The highest BCUT2D eigenvalue weighted by Gasteiger charge is 2.34. The Morgan fingerprint density at radius 2 is 1.80 bits per heavy atom. The van der Waals surface area contributed by atoms with Gasteiger partial charge in [0.1, 0.15) is 0 Å². The molecule has 0 heterocycles. The van der Waals surface area contributed by atoms with E-state index >= 15 is 0 Å². The summed E-state index contributed by atoms with van der Waals surface area (Å²) in [6.07, 6.45) is 6.90. The van der Waals surface area contributed by atoms with Gasteiger partial charge in [0.05, 0.1) is 0 Å². The summed E-state index contributed by atoms with van der Waals surface area (Å²) < 4.78 is 0. The first-order valence-electron chi connectivity index (χ1n) is 8.00. The van der Waals surface area contributed by atoms with Gasteiger partial charge in [-0.05, 0) is 49.1 Å². The zero-order chi connectivity index (χ0) is 14.6. The zero-order valence-corrected chi connectivity index (χ0v) is 13.8. The van der Waals surface area contributed by atoms with Gasteiger partial charge in [-0.15, -0.1) is 0 Å². The summed E-state index contributed by atoms with van der Waals surface area (Å²) in [5.41, 5.74) is 1.73. The molecule has 1 saturated carbocycles. The summed E-state index contributed by atoms with van der Waals surface area (Å²) >= 11 is 6.29. The smallest absolute Gasteiger partial charge is 0.0453 e. The third-order valence-electron chi connectivity index (χ3n) is 4.66. The molecular weight excluding hydrogens is 266 g/mol. The first-order chi connectivity index (χ1) is 9.52. The van der Waals surface area contributed by atoms with Crippen LogP contribution in [0.2, 0.25) is 5.02 Å². The normalized spacial score (nSPS) is 19.4. The molecule has 1 N–H and O–H groups in total. The molecule has 2 rings (SSSR count). The maximum atomic E-state index is 6.29. The summed E-state index contributed by atoms with van der Waals surface area (Å²) in [5.74, 6) is 0.783. The van der Waals surface area contributed by atoms with Crippen LogP contribution in [0.1, 0.15) is 64.5 Å². The molecule has 0 aliphatic heterocycles. The topological polar surface area (TPSA) is 12.0 Å². The first-order valence-corrected chi connectivity index (χ1v) is 8.38. The molecule has 0 spiro atoms. The number of benzene rings is 1. The van der Waals surface area contributed by atoms with Crippen molar-refractivity contribution < 1.29 is 0 Å². The fourth-order valence-corrected chi connectivity index (χ4v) is 4.05. The van der Waals surface area contributed by atoms with E-state index in [0.29, 0.717) is 11.5 Å². The minimum absolute atomic E-state index is 0.327. The Kier molecular flexibility index (Phi) is 5.51. The van der Waals surface area contributed by atoms with Gasteiger partial charge in [-0.25, -0.2) is 0 Å². The molecule has 1 aromatic rings. The zero-order valence-electron chi connectivity index (χ0n) is 13.1. The van der Waals surface area contributed by atoms with Crippen LogP contribution in [0.25, 0.3) is 0 Å². The van der Waals surface area contributed by atoms with Gasteiger partial charge in [-0.3, -0.25) is 0 Å². The van der Waals surface area contributed by atoms with Crippen molar-refractivity contribution in [1.82, 2.24) is 5.32 Å². The third kappa shape index (κ3) is 3.99. The minimum Gasteiger partial charge on any atom is -0.310 e.